The first kappa shape index (κ1) is 19.4. The van der Waals surface area contributed by atoms with Crippen molar-refractivity contribution < 1.29 is 19.1 Å². The number of carbonyl (C=O) groups is 2. The zero-order valence-electron chi connectivity index (χ0n) is 15.0. The molecule has 0 heterocycles. The molecule has 1 saturated carbocycles. The molecule has 0 saturated heterocycles. The van der Waals surface area contributed by atoms with E-state index in [4.69, 9.17) is 9.47 Å². The molecule has 0 spiro atoms. The summed E-state index contributed by atoms with van der Waals surface area (Å²) in [6.45, 7) is 13.1. The smallest absolute Gasteiger partial charge is 0.308 e. The number of rotatable bonds is 6. The number of carbonyl (C=O) groups excluding carboxylic acids is 2. The minimum atomic E-state index is -1.36. The van der Waals surface area contributed by atoms with E-state index in [0.29, 0.717) is 12.5 Å². The maximum atomic E-state index is 12.1. The lowest BCUT2D eigenvalue weighted by Gasteiger charge is -2.27. The Kier molecular flexibility index (Phi) is 6.86. The molecule has 0 aromatic rings. The molecule has 0 aromatic carbocycles. The minimum absolute atomic E-state index is 0.0302. The molecule has 1 fully saturated rings. The van der Waals surface area contributed by atoms with E-state index in [-0.39, 0.29) is 23.8 Å². The summed E-state index contributed by atoms with van der Waals surface area (Å²) in [6, 6.07) is 0. The van der Waals surface area contributed by atoms with Crippen molar-refractivity contribution in [2.45, 2.75) is 65.0 Å². The summed E-state index contributed by atoms with van der Waals surface area (Å²) in [4.78, 5) is 24.1. The topological polar surface area (TPSA) is 52.6 Å². The standard InChI is InChI=1S/C16H32O4Si2/c1-21(2,3)11-19-15(17)13-7-9-14(10-8-13)16(18)20-12-22(4,5)6/h13-14H,7-12H2,1-6H3. The van der Waals surface area contributed by atoms with Crippen molar-refractivity contribution in [3.8, 4) is 0 Å². The van der Waals surface area contributed by atoms with E-state index in [1.807, 2.05) is 0 Å². The molecule has 0 aromatic heterocycles. The van der Waals surface area contributed by atoms with Crippen LogP contribution in [0, 0.1) is 11.8 Å². The van der Waals surface area contributed by atoms with Crippen LogP contribution in [0.25, 0.3) is 0 Å². The molecule has 0 unspecified atom stereocenters. The largest absolute Gasteiger partial charge is 0.469 e. The van der Waals surface area contributed by atoms with Gasteiger partial charge in [-0.25, -0.2) is 0 Å². The molecule has 0 aliphatic heterocycles. The highest BCUT2D eigenvalue weighted by molar-refractivity contribution is 6.76. The fourth-order valence-electron chi connectivity index (χ4n) is 2.38. The van der Waals surface area contributed by atoms with E-state index in [9.17, 15) is 9.59 Å². The van der Waals surface area contributed by atoms with Crippen LogP contribution in [0.1, 0.15) is 25.7 Å². The van der Waals surface area contributed by atoms with Crippen molar-refractivity contribution >= 4 is 28.1 Å². The van der Waals surface area contributed by atoms with Crippen molar-refractivity contribution in [3.05, 3.63) is 0 Å². The van der Waals surface area contributed by atoms with E-state index in [0.717, 1.165) is 25.7 Å². The van der Waals surface area contributed by atoms with Crippen LogP contribution in [-0.2, 0) is 19.1 Å². The summed E-state index contributed by atoms with van der Waals surface area (Å²) in [7, 11) is -2.71. The normalized spacial score (nSPS) is 23.0. The molecule has 0 N–H and O–H groups in total. The van der Waals surface area contributed by atoms with Crippen molar-refractivity contribution in [1.29, 1.82) is 0 Å². The van der Waals surface area contributed by atoms with Crippen LogP contribution in [0.2, 0.25) is 39.3 Å². The van der Waals surface area contributed by atoms with Gasteiger partial charge in [-0.15, -0.1) is 0 Å². The Morgan fingerprint density at radius 2 is 1.00 bits per heavy atom. The maximum Gasteiger partial charge on any atom is 0.308 e. The van der Waals surface area contributed by atoms with Crippen LogP contribution in [0.5, 0.6) is 0 Å². The fourth-order valence-corrected chi connectivity index (χ4v) is 3.53. The van der Waals surface area contributed by atoms with Gasteiger partial charge in [0.25, 0.3) is 0 Å². The van der Waals surface area contributed by atoms with Crippen LogP contribution in [0.3, 0.4) is 0 Å². The Balaban J connectivity index is 2.33. The molecule has 1 rings (SSSR count). The summed E-state index contributed by atoms with van der Waals surface area (Å²) in [5.41, 5.74) is 0. The molecule has 1 aliphatic rings. The van der Waals surface area contributed by atoms with Crippen LogP contribution >= 0.6 is 0 Å². The van der Waals surface area contributed by atoms with Crippen LogP contribution in [0.4, 0.5) is 0 Å². The quantitative estimate of drug-likeness (QED) is 0.545. The maximum absolute atomic E-state index is 12.1. The molecule has 0 radical (unpaired) electrons. The van der Waals surface area contributed by atoms with Crippen molar-refractivity contribution in [1.82, 2.24) is 0 Å². The Labute approximate surface area is 137 Å². The van der Waals surface area contributed by atoms with E-state index < -0.39 is 16.1 Å². The number of ether oxygens (including phenoxy) is 2. The van der Waals surface area contributed by atoms with Crippen molar-refractivity contribution in [2.75, 3.05) is 12.5 Å². The van der Waals surface area contributed by atoms with Gasteiger partial charge in [0.1, 0.15) is 0 Å². The Hall–Kier alpha value is -0.626. The van der Waals surface area contributed by atoms with E-state index in [1.165, 1.54) is 0 Å². The van der Waals surface area contributed by atoms with Gasteiger partial charge in [0, 0.05) is 0 Å². The van der Waals surface area contributed by atoms with E-state index in [2.05, 4.69) is 39.3 Å². The molecule has 6 heteroatoms. The van der Waals surface area contributed by atoms with Gasteiger partial charge in [0.2, 0.25) is 0 Å². The Morgan fingerprint density at radius 1 is 0.727 bits per heavy atom. The molecule has 0 amide bonds. The number of hydrogen-bond acceptors (Lipinski definition) is 4. The van der Waals surface area contributed by atoms with Crippen LogP contribution in [-0.4, -0.2) is 40.5 Å². The summed E-state index contributed by atoms with van der Waals surface area (Å²) in [5.74, 6) is -0.206. The lowest BCUT2D eigenvalue weighted by Crippen LogP contribution is -2.35. The molecular formula is C16H32O4Si2. The van der Waals surface area contributed by atoms with E-state index >= 15 is 0 Å². The predicted molar refractivity (Wildman–Crippen MR) is 94.1 cm³/mol. The first-order valence-corrected chi connectivity index (χ1v) is 15.7. The van der Waals surface area contributed by atoms with Gasteiger partial charge in [-0.3, -0.25) is 9.59 Å². The first-order valence-electron chi connectivity index (χ1n) is 8.31. The zero-order valence-corrected chi connectivity index (χ0v) is 17.0. The third-order valence-electron chi connectivity index (χ3n) is 3.69. The molecule has 1 aliphatic carbocycles. The molecule has 4 nitrogen and oxygen atoms in total. The Morgan fingerprint density at radius 3 is 1.23 bits per heavy atom. The van der Waals surface area contributed by atoms with Gasteiger partial charge < -0.3 is 9.47 Å². The van der Waals surface area contributed by atoms with Crippen LogP contribution < -0.4 is 0 Å². The van der Waals surface area contributed by atoms with Crippen molar-refractivity contribution in [2.24, 2.45) is 11.8 Å². The van der Waals surface area contributed by atoms with Crippen molar-refractivity contribution in [3.63, 3.8) is 0 Å². The molecule has 128 valence electrons. The molecule has 22 heavy (non-hydrogen) atoms. The monoisotopic (exact) mass is 344 g/mol. The lowest BCUT2D eigenvalue weighted by molar-refractivity contribution is -0.153. The second-order valence-electron chi connectivity index (χ2n) is 8.89. The zero-order chi connectivity index (χ0) is 17.0. The second-order valence-corrected chi connectivity index (χ2v) is 19.7. The van der Waals surface area contributed by atoms with Crippen LogP contribution in [0.15, 0.2) is 0 Å². The third kappa shape index (κ3) is 7.58. The summed E-state index contributed by atoms with van der Waals surface area (Å²) < 4.78 is 10.9. The highest BCUT2D eigenvalue weighted by atomic mass is 28.3. The van der Waals surface area contributed by atoms with E-state index in [1.54, 1.807) is 0 Å². The highest BCUT2D eigenvalue weighted by Crippen LogP contribution is 2.30. The summed E-state index contributed by atoms with van der Waals surface area (Å²) in [5, 5.41) is 0. The predicted octanol–water partition coefficient (Wildman–Crippen LogP) is 3.63. The lowest BCUT2D eigenvalue weighted by atomic mass is 9.82. The first-order chi connectivity index (χ1) is 9.98. The van der Waals surface area contributed by atoms with Gasteiger partial charge in [-0.05, 0) is 25.7 Å². The average molecular weight is 345 g/mol. The second kappa shape index (κ2) is 7.77. The average Bonchev–Trinajstić information content (AvgIpc) is 2.40. The van der Waals surface area contributed by atoms with Gasteiger partial charge in [-0.1, -0.05) is 39.3 Å². The highest BCUT2D eigenvalue weighted by Gasteiger charge is 2.32. The van der Waals surface area contributed by atoms with Gasteiger partial charge in [-0.2, -0.15) is 0 Å². The van der Waals surface area contributed by atoms with Gasteiger partial charge in [0.15, 0.2) is 0 Å². The third-order valence-corrected chi connectivity index (χ3v) is 5.71. The van der Waals surface area contributed by atoms with Gasteiger partial charge in [0.05, 0.1) is 40.4 Å². The van der Waals surface area contributed by atoms with Gasteiger partial charge >= 0.3 is 11.9 Å². The summed E-state index contributed by atoms with van der Waals surface area (Å²) in [6.07, 6.45) is 4.16. The number of hydrogen-bond donors (Lipinski definition) is 0. The summed E-state index contributed by atoms with van der Waals surface area (Å²) >= 11 is 0. The molecular weight excluding hydrogens is 312 g/mol. The molecule has 0 atom stereocenters. The minimum Gasteiger partial charge on any atom is -0.469 e. The SMILES string of the molecule is C[Si](C)(C)COC(=O)C1CCC(C(=O)OC[Si](C)(C)C)CC1. The Bertz CT molecular complexity index is 350. The number of esters is 2. The molecule has 0 bridgehead atoms. The fraction of sp³-hybridized carbons (Fsp3) is 0.875.